The standard InChI is InChI=1S/C13H8NO.HI.Mg/c1-2-6-11-10(4-1)5-3-7-12(11)13-14-8-9-15-13;;/h1-6,8-9H;1H;/q-1;;+2/p-1. The third kappa shape index (κ3) is 2.81. The average Bonchev–Trinajstić information content (AvgIpc) is 2.82. The van der Waals surface area contributed by atoms with E-state index in [9.17, 15) is 0 Å². The summed E-state index contributed by atoms with van der Waals surface area (Å²) in [7, 11) is 0. The summed E-state index contributed by atoms with van der Waals surface area (Å²) >= 11 is 0. The maximum absolute atomic E-state index is 5.29. The summed E-state index contributed by atoms with van der Waals surface area (Å²) in [6.07, 6.45) is 3.22. The Morgan fingerprint density at radius 1 is 1.12 bits per heavy atom. The molecule has 0 saturated heterocycles. The Balaban J connectivity index is 0.000000722. The molecule has 0 amide bonds. The van der Waals surface area contributed by atoms with Crippen molar-refractivity contribution in [3.63, 3.8) is 0 Å². The second-order valence-corrected chi connectivity index (χ2v) is 3.28. The van der Waals surface area contributed by atoms with Crippen LogP contribution in [0.3, 0.4) is 0 Å². The van der Waals surface area contributed by atoms with Crippen LogP contribution >= 0.6 is 0 Å². The van der Waals surface area contributed by atoms with Crippen molar-refractivity contribution in [2.45, 2.75) is 0 Å². The predicted octanol–water partition coefficient (Wildman–Crippen LogP) is -0.0818. The molecule has 0 atom stereocenters. The zero-order chi connectivity index (χ0) is 10.1. The summed E-state index contributed by atoms with van der Waals surface area (Å²) in [5.74, 6) is 0.617. The summed E-state index contributed by atoms with van der Waals surface area (Å²) in [4.78, 5) is 4.14. The molecule has 0 bridgehead atoms. The summed E-state index contributed by atoms with van der Waals surface area (Å²) in [5.41, 5.74) is 0.915. The fourth-order valence-corrected chi connectivity index (χ4v) is 1.69. The van der Waals surface area contributed by atoms with Crippen LogP contribution in [0.25, 0.3) is 22.2 Å². The first-order valence-corrected chi connectivity index (χ1v) is 4.74. The average molecular weight is 345 g/mol. The van der Waals surface area contributed by atoms with Crippen molar-refractivity contribution in [3.05, 3.63) is 54.9 Å². The molecule has 4 heteroatoms. The zero-order valence-electron chi connectivity index (χ0n) is 9.06. The van der Waals surface area contributed by atoms with Gasteiger partial charge in [0.1, 0.15) is 5.89 Å². The number of fused-ring (bicyclic) bond motifs is 1. The van der Waals surface area contributed by atoms with E-state index in [0.29, 0.717) is 5.89 Å². The van der Waals surface area contributed by atoms with Gasteiger partial charge in [-0.2, -0.15) is 0 Å². The van der Waals surface area contributed by atoms with E-state index in [1.807, 2.05) is 30.3 Å². The molecule has 0 aliphatic carbocycles. The third-order valence-corrected chi connectivity index (χ3v) is 2.37. The zero-order valence-corrected chi connectivity index (χ0v) is 12.6. The van der Waals surface area contributed by atoms with Crippen LogP contribution in [0.15, 0.2) is 53.3 Å². The van der Waals surface area contributed by atoms with Gasteiger partial charge in [-0.15, -0.1) is 23.6 Å². The molecule has 0 spiro atoms. The first-order chi connectivity index (χ1) is 7.45. The minimum atomic E-state index is 0. The molecule has 0 fully saturated rings. The van der Waals surface area contributed by atoms with Crippen LogP contribution < -0.4 is 24.0 Å². The van der Waals surface area contributed by atoms with Crippen molar-refractivity contribution < 1.29 is 28.4 Å². The van der Waals surface area contributed by atoms with E-state index in [0.717, 1.165) is 10.9 Å². The fraction of sp³-hybridized carbons (Fsp3) is 0. The van der Waals surface area contributed by atoms with E-state index in [1.54, 1.807) is 12.5 Å². The molecule has 0 saturated carbocycles. The van der Waals surface area contributed by atoms with Gasteiger partial charge in [0.05, 0.1) is 12.5 Å². The summed E-state index contributed by atoms with van der Waals surface area (Å²) < 4.78 is 5.29. The molecule has 0 unspecified atom stereocenters. The van der Waals surface area contributed by atoms with Crippen LogP contribution in [0, 0.1) is 6.07 Å². The van der Waals surface area contributed by atoms with Gasteiger partial charge in [-0.1, -0.05) is 35.2 Å². The van der Waals surface area contributed by atoms with E-state index < -0.39 is 0 Å². The second kappa shape index (κ2) is 6.37. The smallest absolute Gasteiger partial charge is 1.00 e. The number of aromatic nitrogens is 1. The molecular weight excluding hydrogens is 337 g/mol. The molecule has 2 nitrogen and oxygen atoms in total. The van der Waals surface area contributed by atoms with Gasteiger partial charge in [0.2, 0.25) is 0 Å². The first kappa shape index (κ1) is 14.5. The molecule has 3 rings (SSSR count). The predicted molar refractivity (Wildman–Crippen MR) is 64.0 cm³/mol. The minimum Gasteiger partial charge on any atom is -1.00 e. The molecule has 0 aliphatic heterocycles. The number of oxazole rings is 1. The SMILES string of the molecule is [I-].[Mg+2].[c-]1ccc2ccccc2c1-c1ncco1. The van der Waals surface area contributed by atoms with Crippen LogP contribution in [0.4, 0.5) is 0 Å². The number of halogens is 1. The minimum absolute atomic E-state index is 0. The maximum Gasteiger partial charge on any atom is 2.00 e. The molecule has 0 N–H and O–H groups in total. The first-order valence-electron chi connectivity index (χ1n) is 4.74. The van der Waals surface area contributed by atoms with Crippen LogP contribution in [0.2, 0.25) is 0 Å². The summed E-state index contributed by atoms with van der Waals surface area (Å²) in [6, 6.07) is 15.2. The van der Waals surface area contributed by atoms with Gasteiger partial charge in [0.15, 0.2) is 0 Å². The van der Waals surface area contributed by atoms with Crippen molar-refractivity contribution in [3.8, 4) is 11.5 Å². The molecule has 3 aromatic rings. The molecule has 0 aliphatic rings. The summed E-state index contributed by atoms with van der Waals surface area (Å²) in [5, 5.41) is 2.28. The molecular formula is C13H8IMgNO. The number of benzene rings is 2. The largest absolute Gasteiger partial charge is 2.00 e. The van der Waals surface area contributed by atoms with E-state index in [-0.39, 0.29) is 47.0 Å². The van der Waals surface area contributed by atoms with E-state index in [1.165, 1.54) is 5.39 Å². The normalized spacial score (nSPS) is 9.41. The fourth-order valence-electron chi connectivity index (χ4n) is 1.69. The molecule has 1 heterocycles. The maximum atomic E-state index is 5.29. The Morgan fingerprint density at radius 3 is 2.71 bits per heavy atom. The monoisotopic (exact) mass is 345 g/mol. The molecule has 17 heavy (non-hydrogen) atoms. The number of hydrogen-bond donors (Lipinski definition) is 0. The van der Waals surface area contributed by atoms with Gasteiger partial charge in [0, 0.05) is 0 Å². The van der Waals surface area contributed by atoms with Crippen LogP contribution in [0.5, 0.6) is 0 Å². The van der Waals surface area contributed by atoms with Gasteiger partial charge in [-0.3, -0.25) is 4.98 Å². The Labute approximate surface area is 133 Å². The van der Waals surface area contributed by atoms with E-state index in [2.05, 4.69) is 17.1 Å². The molecule has 0 radical (unpaired) electrons. The van der Waals surface area contributed by atoms with E-state index >= 15 is 0 Å². The number of nitrogens with zero attached hydrogens (tertiary/aromatic N) is 1. The van der Waals surface area contributed by atoms with Gasteiger partial charge >= 0.3 is 23.1 Å². The number of rotatable bonds is 1. The third-order valence-electron chi connectivity index (χ3n) is 2.37. The van der Waals surface area contributed by atoms with Crippen molar-refractivity contribution in [1.82, 2.24) is 4.98 Å². The van der Waals surface area contributed by atoms with Gasteiger partial charge in [-0.05, 0) is 0 Å². The van der Waals surface area contributed by atoms with Crippen molar-refractivity contribution in [1.29, 1.82) is 0 Å². The quantitative estimate of drug-likeness (QED) is 0.350. The Bertz CT molecular complexity index is 590. The second-order valence-electron chi connectivity index (χ2n) is 3.28. The Hall–Kier alpha value is -0.594. The molecule has 80 valence electrons. The van der Waals surface area contributed by atoms with Gasteiger partial charge in [-0.25, -0.2) is 0 Å². The van der Waals surface area contributed by atoms with Gasteiger partial charge < -0.3 is 28.4 Å². The van der Waals surface area contributed by atoms with Crippen molar-refractivity contribution in [2.75, 3.05) is 0 Å². The van der Waals surface area contributed by atoms with Crippen LogP contribution in [-0.4, -0.2) is 28.0 Å². The molecule has 2 aromatic carbocycles. The van der Waals surface area contributed by atoms with Gasteiger partial charge in [0.25, 0.3) is 0 Å². The van der Waals surface area contributed by atoms with Crippen molar-refractivity contribution >= 4 is 33.8 Å². The van der Waals surface area contributed by atoms with Crippen molar-refractivity contribution in [2.24, 2.45) is 0 Å². The van der Waals surface area contributed by atoms with Crippen LogP contribution in [-0.2, 0) is 0 Å². The Morgan fingerprint density at radius 2 is 1.94 bits per heavy atom. The topological polar surface area (TPSA) is 26.0 Å². The summed E-state index contributed by atoms with van der Waals surface area (Å²) in [6.45, 7) is 0. The molecule has 1 aromatic heterocycles. The van der Waals surface area contributed by atoms with Crippen LogP contribution in [0.1, 0.15) is 0 Å². The van der Waals surface area contributed by atoms with E-state index in [4.69, 9.17) is 4.42 Å². The Kier molecular flexibility index (Phi) is 5.42. The number of hydrogen-bond acceptors (Lipinski definition) is 2.